The molecule has 202 valence electrons. The van der Waals surface area contributed by atoms with E-state index < -0.39 is 23.4 Å². The summed E-state index contributed by atoms with van der Waals surface area (Å²) < 4.78 is 6.98. The predicted molar refractivity (Wildman–Crippen MR) is 149 cm³/mol. The van der Waals surface area contributed by atoms with Crippen LogP contribution in [0.5, 0.6) is 11.5 Å². The zero-order valence-electron chi connectivity index (χ0n) is 22.2. The second kappa shape index (κ2) is 11.6. The third kappa shape index (κ3) is 6.74. The summed E-state index contributed by atoms with van der Waals surface area (Å²) in [6.45, 7) is 10.4. The van der Waals surface area contributed by atoms with E-state index in [0.29, 0.717) is 59.6 Å². The first-order chi connectivity index (χ1) is 16.7. The summed E-state index contributed by atoms with van der Waals surface area (Å²) >= 11 is 2.39. The van der Waals surface area contributed by atoms with Gasteiger partial charge in [0, 0.05) is 28.0 Å². The van der Waals surface area contributed by atoms with Crippen LogP contribution in [0.4, 0.5) is 0 Å². The lowest BCUT2D eigenvalue weighted by Crippen LogP contribution is -2.49. The number of alkyl halides is 1. The van der Waals surface area contributed by atoms with Gasteiger partial charge in [0.05, 0.1) is 29.9 Å². The van der Waals surface area contributed by atoms with Gasteiger partial charge in [-0.3, -0.25) is 4.79 Å². The Hall–Kier alpha value is -1.36. The van der Waals surface area contributed by atoms with Crippen molar-refractivity contribution in [1.29, 1.82) is 0 Å². The number of amides is 1. The Labute approximate surface area is 228 Å². The Morgan fingerprint density at radius 3 is 2.69 bits per heavy atom. The van der Waals surface area contributed by atoms with Crippen LogP contribution in [0, 0.1) is 0 Å². The average molecular weight is 616 g/mol. The summed E-state index contributed by atoms with van der Waals surface area (Å²) in [6, 6.07) is 1.53. The summed E-state index contributed by atoms with van der Waals surface area (Å²) in [5.41, 5.74) is 0.993. The lowest BCUT2D eigenvalue weighted by molar-refractivity contribution is -0.0599. The molecule has 4 atom stereocenters. The second-order valence-electron chi connectivity index (χ2n) is 11.3. The molecule has 8 heteroatoms. The number of benzene rings is 1. The van der Waals surface area contributed by atoms with Crippen LogP contribution in [0.3, 0.4) is 0 Å². The normalized spacial score (nSPS) is 23.8. The topological polar surface area (TPSA) is 110 Å². The largest absolute Gasteiger partial charge is 0.508 e. The number of nitrogens with zero attached hydrogens (tertiary/aromatic N) is 1. The second-order valence-corrected chi connectivity index (χ2v) is 13.4. The van der Waals surface area contributed by atoms with Crippen LogP contribution in [0.2, 0.25) is 0 Å². The number of halogens is 1. The van der Waals surface area contributed by atoms with Crippen LogP contribution in [-0.4, -0.2) is 65.1 Å². The molecule has 3 unspecified atom stereocenters. The molecule has 4 N–H and O–H groups in total. The molecule has 1 aromatic carbocycles. The fraction of sp³-hybridized carbons (Fsp3) is 0.679. The highest BCUT2D eigenvalue weighted by atomic mass is 127. The molecule has 3 rings (SSSR count). The minimum atomic E-state index is -1.13. The Balaban J connectivity index is 1.70. The molecule has 0 aromatic heterocycles. The number of carbonyl (C=O) groups excluding carboxylic acids is 1. The number of aromatic hydroxyl groups is 1. The number of phenols is 1. The number of hydrogen-bond donors (Lipinski definition) is 4. The number of rotatable bonds is 11. The molecule has 1 amide bonds. The van der Waals surface area contributed by atoms with Gasteiger partial charge >= 0.3 is 0 Å². The van der Waals surface area contributed by atoms with Crippen molar-refractivity contribution < 1.29 is 30.0 Å². The van der Waals surface area contributed by atoms with Gasteiger partial charge in [-0.05, 0) is 72.3 Å². The van der Waals surface area contributed by atoms with Crippen molar-refractivity contribution in [1.82, 2.24) is 4.90 Å². The number of allylic oxidation sites excluding steroid dienone is 2. The Kier molecular flexibility index (Phi) is 9.39. The van der Waals surface area contributed by atoms with Crippen molar-refractivity contribution in [3.63, 3.8) is 0 Å². The molecule has 2 heterocycles. The molecule has 2 aliphatic rings. The summed E-state index contributed by atoms with van der Waals surface area (Å²) in [5, 5.41) is 41.6. The van der Waals surface area contributed by atoms with Gasteiger partial charge in [0.1, 0.15) is 17.1 Å². The van der Waals surface area contributed by atoms with Crippen molar-refractivity contribution in [2.75, 3.05) is 6.54 Å². The molecule has 0 saturated heterocycles. The van der Waals surface area contributed by atoms with E-state index in [0.717, 1.165) is 24.0 Å². The van der Waals surface area contributed by atoms with Crippen molar-refractivity contribution in [2.45, 2.75) is 113 Å². The van der Waals surface area contributed by atoms with E-state index in [-0.39, 0.29) is 18.1 Å². The van der Waals surface area contributed by atoms with Gasteiger partial charge in [0.25, 0.3) is 5.91 Å². The molecule has 0 spiro atoms. The van der Waals surface area contributed by atoms with Crippen molar-refractivity contribution in [3.8, 4) is 11.5 Å². The Morgan fingerprint density at radius 1 is 1.36 bits per heavy atom. The van der Waals surface area contributed by atoms with Crippen molar-refractivity contribution >= 4 is 28.5 Å². The monoisotopic (exact) mass is 615 g/mol. The predicted octanol–water partition coefficient (Wildman–Crippen LogP) is 4.64. The van der Waals surface area contributed by atoms with Gasteiger partial charge in [-0.15, -0.1) is 0 Å². The fourth-order valence-electron chi connectivity index (χ4n) is 4.93. The van der Waals surface area contributed by atoms with Gasteiger partial charge in [-0.2, -0.15) is 0 Å². The first-order valence-electron chi connectivity index (χ1n) is 13.0. The molecule has 0 aliphatic carbocycles. The van der Waals surface area contributed by atoms with E-state index in [1.807, 2.05) is 18.7 Å². The van der Waals surface area contributed by atoms with E-state index >= 15 is 0 Å². The van der Waals surface area contributed by atoms with Crippen LogP contribution in [-0.2, 0) is 13.0 Å². The van der Waals surface area contributed by atoms with Gasteiger partial charge in [0.2, 0.25) is 0 Å². The number of aliphatic hydroxyl groups is 3. The number of ether oxygens (including phenoxy) is 1. The average Bonchev–Trinajstić information content (AvgIpc) is 3.08. The van der Waals surface area contributed by atoms with Crippen molar-refractivity contribution in [2.24, 2.45) is 0 Å². The Morgan fingerprint density at radius 2 is 2.06 bits per heavy atom. The van der Waals surface area contributed by atoms with Gasteiger partial charge in [0.15, 0.2) is 0 Å². The lowest BCUT2D eigenvalue weighted by Gasteiger charge is -2.40. The lowest BCUT2D eigenvalue weighted by atomic mass is 9.84. The van der Waals surface area contributed by atoms with E-state index in [9.17, 15) is 25.2 Å². The van der Waals surface area contributed by atoms with Crippen molar-refractivity contribution in [3.05, 3.63) is 34.4 Å². The molecule has 36 heavy (non-hydrogen) atoms. The highest BCUT2D eigenvalue weighted by Crippen LogP contribution is 2.46. The highest BCUT2D eigenvalue weighted by molar-refractivity contribution is 14.1. The summed E-state index contributed by atoms with van der Waals surface area (Å²) in [4.78, 5) is 14.8. The number of hydrogen-bond acceptors (Lipinski definition) is 6. The van der Waals surface area contributed by atoms with E-state index in [1.165, 1.54) is 6.07 Å². The SMILES string of the molecule is C/C(=C\CCC1(C)Oc2c(c(O)cc3c2CN(CCC[C@@H](C)I)C3=O)CC1O)CCC(O)C(C)(C)O. The van der Waals surface area contributed by atoms with Crippen LogP contribution in [0.1, 0.15) is 94.6 Å². The molecule has 0 fully saturated rings. The van der Waals surface area contributed by atoms with E-state index in [2.05, 4.69) is 35.6 Å². The van der Waals surface area contributed by atoms with E-state index in [4.69, 9.17) is 4.74 Å². The molecule has 7 nitrogen and oxygen atoms in total. The number of fused-ring (bicyclic) bond motifs is 3. The molecule has 2 aliphatic heterocycles. The first kappa shape index (κ1) is 29.2. The van der Waals surface area contributed by atoms with Gasteiger partial charge in [-0.1, -0.05) is 41.2 Å². The first-order valence-corrected chi connectivity index (χ1v) is 14.2. The maximum absolute atomic E-state index is 13.0. The zero-order chi connectivity index (χ0) is 26.8. The number of carbonyl (C=O) groups is 1. The Bertz CT molecular complexity index is 985. The minimum Gasteiger partial charge on any atom is -0.508 e. The maximum Gasteiger partial charge on any atom is 0.254 e. The third-order valence-corrected chi connectivity index (χ3v) is 8.18. The molecule has 0 bridgehead atoms. The molecule has 1 aromatic rings. The van der Waals surface area contributed by atoms with Crippen LogP contribution < -0.4 is 4.74 Å². The number of aliphatic hydroxyl groups excluding tert-OH is 2. The molecule has 0 saturated carbocycles. The van der Waals surface area contributed by atoms with Gasteiger partial charge < -0.3 is 30.1 Å². The van der Waals surface area contributed by atoms with Crippen LogP contribution in [0.25, 0.3) is 0 Å². The molecule has 0 radical (unpaired) electrons. The minimum absolute atomic E-state index is 0.00189. The third-order valence-electron chi connectivity index (χ3n) is 7.56. The van der Waals surface area contributed by atoms with Gasteiger partial charge in [-0.25, -0.2) is 0 Å². The quantitative estimate of drug-likeness (QED) is 0.164. The van der Waals surface area contributed by atoms with Crippen LogP contribution in [0.15, 0.2) is 17.7 Å². The van der Waals surface area contributed by atoms with Crippen LogP contribution >= 0.6 is 22.6 Å². The summed E-state index contributed by atoms with van der Waals surface area (Å²) in [5.74, 6) is 0.472. The molecular formula is C28H42INO6. The van der Waals surface area contributed by atoms with E-state index in [1.54, 1.807) is 13.8 Å². The smallest absolute Gasteiger partial charge is 0.254 e. The standard InChI is InChI=1S/C28H42INO6/c1-17(10-11-23(32)27(3,4)35)8-6-12-28(5)24(33)15-20-22(31)14-19-21(25(20)36-28)16-30(26(19)34)13-7-9-18(2)29/h8,14,18,23-24,31-33,35H,6-7,9-13,15-16H2,1-5H3/b17-8+/t18-,23?,24?,28?/m1/s1. The number of phenolic OH excluding ortho intramolecular Hbond substituents is 1. The summed E-state index contributed by atoms with van der Waals surface area (Å²) in [7, 11) is 0. The maximum atomic E-state index is 13.0. The fourth-order valence-corrected chi connectivity index (χ4v) is 5.37. The zero-order valence-corrected chi connectivity index (χ0v) is 24.3. The highest BCUT2D eigenvalue weighted by Gasteiger charge is 2.44. The summed E-state index contributed by atoms with van der Waals surface area (Å²) in [6.07, 6.45) is 5.11. The molecular weight excluding hydrogens is 573 g/mol.